The number of likely N-dealkylation sites (N-methyl/N-ethyl adjacent to an activating group) is 1. The first-order valence-electron chi connectivity index (χ1n) is 7.59. The molecule has 0 bridgehead atoms. The van der Waals surface area contributed by atoms with E-state index in [2.05, 4.69) is 11.8 Å². The van der Waals surface area contributed by atoms with Crippen LogP contribution in [0.5, 0.6) is 5.75 Å². The van der Waals surface area contributed by atoms with Crippen LogP contribution < -0.4 is 10.5 Å². The number of nitrogens with two attached hydrogens (primary N) is 1. The Hall–Kier alpha value is -1.14. The lowest BCUT2D eigenvalue weighted by molar-refractivity contribution is 0.0537. The third-order valence-corrected chi connectivity index (χ3v) is 3.27. The maximum atomic E-state index is 10.0. The van der Waals surface area contributed by atoms with Gasteiger partial charge in [-0.1, -0.05) is 19.1 Å². The van der Waals surface area contributed by atoms with Crippen LogP contribution in [0.4, 0.5) is 0 Å². The Balaban J connectivity index is 2.29. The van der Waals surface area contributed by atoms with Gasteiger partial charge in [-0.15, -0.1) is 0 Å². The van der Waals surface area contributed by atoms with E-state index in [9.17, 15) is 5.11 Å². The summed E-state index contributed by atoms with van der Waals surface area (Å²) in [5.74, 6) is 0.753. The van der Waals surface area contributed by atoms with Gasteiger partial charge in [-0.2, -0.15) is 0 Å². The molecule has 0 aliphatic carbocycles. The average molecular weight is 296 g/mol. The number of ether oxygens (including phenoxy) is 2. The van der Waals surface area contributed by atoms with Crippen molar-refractivity contribution in [3.05, 3.63) is 29.8 Å². The van der Waals surface area contributed by atoms with Crippen LogP contribution in [-0.4, -0.2) is 55.6 Å². The average Bonchev–Trinajstić information content (AvgIpc) is 2.52. The van der Waals surface area contributed by atoms with Crippen molar-refractivity contribution in [3.63, 3.8) is 0 Å². The highest BCUT2D eigenvalue weighted by Crippen LogP contribution is 2.12. The summed E-state index contributed by atoms with van der Waals surface area (Å²) in [7, 11) is 0. The van der Waals surface area contributed by atoms with E-state index in [4.69, 9.17) is 15.2 Å². The van der Waals surface area contributed by atoms with Gasteiger partial charge in [0.05, 0.1) is 6.61 Å². The molecular formula is C16H28N2O3. The van der Waals surface area contributed by atoms with Gasteiger partial charge in [0.15, 0.2) is 0 Å². The fourth-order valence-corrected chi connectivity index (χ4v) is 1.98. The molecule has 120 valence electrons. The number of nitrogens with zero attached hydrogens (tertiary/aromatic N) is 1. The molecule has 5 nitrogen and oxygen atoms in total. The molecule has 0 saturated heterocycles. The highest BCUT2D eigenvalue weighted by atomic mass is 16.5. The molecule has 3 N–H and O–H groups in total. The molecule has 0 spiro atoms. The monoisotopic (exact) mass is 296 g/mol. The van der Waals surface area contributed by atoms with Crippen LogP contribution >= 0.6 is 0 Å². The van der Waals surface area contributed by atoms with Gasteiger partial charge >= 0.3 is 0 Å². The Morgan fingerprint density at radius 3 is 2.52 bits per heavy atom. The molecule has 1 rings (SSSR count). The second-order valence-corrected chi connectivity index (χ2v) is 4.90. The molecule has 0 heterocycles. The van der Waals surface area contributed by atoms with Crippen LogP contribution in [0.1, 0.15) is 19.4 Å². The molecule has 0 fully saturated rings. The van der Waals surface area contributed by atoms with E-state index in [1.165, 1.54) is 0 Å². The van der Waals surface area contributed by atoms with Crippen molar-refractivity contribution in [3.8, 4) is 5.75 Å². The number of aliphatic hydroxyl groups excluding tert-OH is 1. The molecule has 0 amide bonds. The molecule has 1 unspecified atom stereocenters. The van der Waals surface area contributed by atoms with Gasteiger partial charge in [0.25, 0.3) is 0 Å². The van der Waals surface area contributed by atoms with Crippen molar-refractivity contribution in [2.75, 3.05) is 39.5 Å². The van der Waals surface area contributed by atoms with Gasteiger partial charge in [-0.3, -0.25) is 4.90 Å². The van der Waals surface area contributed by atoms with E-state index in [0.717, 1.165) is 31.0 Å². The largest absolute Gasteiger partial charge is 0.491 e. The van der Waals surface area contributed by atoms with E-state index in [1.807, 2.05) is 31.2 Å². The summed E-state index contributed by atoms with van der Waals surface area (Å²) < 4.78 is 10.9. The van der Waals surface area contributed by atoms with Crippen molar-refractivity contribution < 1.29 is 14.6 Å². The number of hydrogen-bond donors (Lipinski definition) is 2. The first-order chi connectivity index (χ1) is 10.2. The summed E-state index contributed by atoms with van der Waals surface area (Å²) in [4.78, 5) is 2.15. The van der Waals surface area contributed by atoms with E-state index in [-0.39, 0.29) is 6.61 Å². The Morgan fingerprint density at radius 1 is 1.24 bits per heavy atom. The normalized spacial score (nSPS) is 12.6. The Bertz CT molecular complexity index is 370. The second kappa shape index (κ2) is 10.6. The molecule has 0 aliphatic rings. The molecular weight excluding hydrogens is 268 g/mol. The lowest BCUT2D eigenvalue weighted by atomic mass is 10.2. The van der Waals surface area contributed by atoms with Crippen LogP contribution in [0.3, 0.4) is 0 Å². The molecule has 1 atom stereocenters. The zero-order valence-electron chi connectivity index (χ0n) is 13.1. The summed E-state index contributed by atoms with van der Waals surface area (Å²) in [6.07, 6.45) is -0.513. The number of hydrogen-bond acceptors (Lipinski definition) is 5. The minimum Gasteiger partial charge on any atom is -0.491 e. The van der Waals surface area contributed by atoms with E-state index < -0.39 is 6.10 Å². The van der Waals surface area contributed by atoms with E-state index in [1.54, 1.807) is 0 Å². The lowest BCUT2D eigenvalue weighted by Gasteiger charge is -2.23. The molecule has 0 aromatic heterocycles. The first-order valence-corrected chi connectivity index (χ1v) is 7.59. The Labute approximate surface area is 127 Å². The molecule has 21 heavy (non-hydrogen) atoms. The van der Waals surface area contributed by atoms with Crippen LogP contribution in [0.2, 0.25) is 0 Å². The van der Waals surface area contributed by atoms with Gasteiger partial charge in [0.2, 0.25) is 0 Å². The number of benzene rings is 1. The number of rotatable bonds is 11. The second-order valence-electron chi connectivity index (χ2n) is 4.90. The standard InChI is InChI=1S/C16H28N2O3/c1-3-18(9-10-20-4-2)12-15(19)13-21-16-7-5-14(11-17)6-8-16/h5-8,15,19H,3-4,9-13,17H2,1-2H3. The summed E-state index contributed by atoms with van der Waals surface area (Å²) in [6.45, 7) is 8.58. The van der Waals surface area contributed by atoms with Crippen LogP contribution in [0.25, 0.3) is 0 Å². The zero-order chi connectivity index (χ0) is 15.5. The summed E-state index contributed by atoms with van der Waals surface area (Å²) in [5.41, 5.74) is 6.61. The molecule has 0 saturated carbocycles. The third kappa shape index (κ3) is 7.43. The zero-order valence-corrected chi connectivity index (χ0v) is 13.1. The van der Waals surface area contributed by atoms with Crippen LogP contribution in [0.15, 0.2) is 24.3 Å². The third-order valence-electron chi connectivity index (χ3n) is 3.27. The summed E-state index contributed by atoms with van der Waals surface area (Å²) in [6, 6.07) is 7.62. The molecule has 0 radical (unpaired) electrons. The Kier molecular flexibility index (Phi) is 9.01. The topological polar surface area (TPSA) is 68.0 Å². The predicted molar refractivity (Wildman–Crippen MR) is 84.4 cm³/mol. The SMILES string of the molecule is CCOCCN(CC)CC(O)COc1ccc(CN)cc1. The van der Waals surface area contributed by atoms with Crippen LogP contribution in [-0.2, 0) is 11.3 Å². The van der Waals surface area contributed by atoms with Crippen LogP contribution in [0, 0.1) is 0 Å². The van der Waals surface area contributed by atoms with Crippen molar-refractivity contribution >= 4 is 0 Å². The van der Waals surface area contributed by atoms with Gasteiger partial charge < -0.3 is 20.3 Å². The van der Waals surface area contributed by atoms with Gasteiger partial charge in [-0.25, -0.2) is 0 Å². The van der Waals surface area contributed by atoms with Gasteiger partial charge in [0, 0.05) is 26.2 Å². The van der Waals surface area contributed by atoms with Crippen molar-refractivity contribution in [2.45, 2.75) is 26.5 Å². The molecule has 5 heteroatoms. The minimum atomic E-state index is -0.513. The van der Waals surface area contributed by atoms with Crippen molar-refractivity contribution in [1.82, 2.24) is 4.90 Å². The smallest absolute Gasteiger partial charge is 0.119 e. The van der Waals surface area contributed by atoms with E-state index >= 15 is 0 Å². The summed E-state index contributed by atoms with van der Waals surface area (Å²) in [5, 5.41) is 10.0. The molecule has 1 aromatic rings. The highest BCUT2D eigenvalue weighted by molar-refractivity contribution is 5.27. The maximum absolute atomic E-state index is 10.0. The van der Waals surface area contributed by atoms with Gasteiger partial charge in [0.1, 0.15) is 18.5 Å². The molecule has 1 aromatic carbocycles. The predicted octanol–water partition coefficient (Wildman–Crippen LogP) is 1.24. The number of aliphatic hydroxyl groups is 1. The minimum absolute atomic E-state index is 0.285. The first kappa shape index (κ1) is 17.9. The fourth-order valence-electron chi connectivity index (χ4n) is 1.98. The summed E-state index contributed by atoms with van der Waals surface area (Å²) >= 11 is 0. The van der Waals surface area contributed by atoms with Crippen molar-refractivity contribution in [2.24, 2.45) is 5.73 Å². The lowest BCUT2D eigenvalue weighted by Crippen LogP contribution is -2.37. The fraction of sp³-hybridized carbons (Fsp3) is 0.625. The quantitative estimate of drug-likeness (QED) is 0.601. The van der Waals surface area contributed by atoms with Gasteiger partial charge in [-0.05, 0) is 31.2 Å². The van der Waals surface area contributed by atoms with Crippen molar-refractivity contribution in [1.29, 1.82) is 0 Å². The highest BCUT2D eigenvalue weighted by Gasteiger charge is 2.11. The molecule has 0 aliphatic heterocycles. The Morgan fingerprint density at radius 2 is 1.95 bits per heavy atom. The van der Waals surface area contributed by atoms with E-state index in [0.29, 0.717) is 19.7 Å². The maximum Gasteiger partial charge on any atom is 0.119 e.